The Bertz CT molecular complexity index is 1180. The van der Waals surface area contributed by atoms with Crippen LogP contribution in [0.5, 0.6) is 0 Å². The predicted molar refractivity (Wildman–Crippen MR) is 129 cm³/mol. The number of carbonyl (C=O) groups excluding carboxylic acids is 2. The number of carboxylic acid groups (broad SMARTS) is 1. The van der Waals surface area contributed by atoms with Crippen molar-refractivity contribution >= 4 is 18.0 Å². The van der Waals surface area contributed by atoms with E-state index in [9.17, 15) is 19.5 Å². The fourth-order valence-electron chi connectivity index (χ4n) is 6.85. The summed E-state index contributed by atoms with van der Waals surface area (Å²) in [5, 5.41) is 12.7. The fourth-order valence-corrected chi connectivity index (χ4v) is 6.85. The lowest BCUT2D eigenvalue weighted by Crippen LogP contribution is -2.53. The molecule has 1 aliphatic heterocycles. The molecular formula is C28H30N2O5. The number of carboxylic acids is 1. The van der Waals surface area contributed by atoms with Crippen LogP contribution in [0.4, 0.5) is 4.79 Å². The van der Waals surface area contributed by atoms with E-state index in [1.807, 2.05) is 24.3 Å². The quantitative estimate of drug-likeness (QED) is 0.679. The molecular weight excluding hydrogens is 444 g/mol. The molecule has 7 nitrogen and oxygen atoms in total. The van der Waals surface area contributed by atoms with E-state index in [4.69, 9.17) is 4.74 Å². The second kappa shape index (κ2) is 7.83. The number of rotatable bonds is 5. The van der Waals surface area contributed by atoms with E-state index in [2.05, 4.69) is 29.6 Å². The number of nitrogens with zero attached hydrogens (tertiary/aromatic N) is 1. The van der Waals surface area contributed by atoms with Crippen molar-refractivity contribution in [1.29, 1.82) is 0 Å². The van der Waals surface area contributed by atoms with Gasteiger partial charge >= 0.3 is 12.1 Å². The number of amides is 2. The van der Waals surface area contributed by atoms with Crippen LogP contribution in [-0.4, -0.2) is 52.7 Å². The second-order valence-corrected chi connectivity index (χ2v) is 10.8. The highest BCUT2D eigenvalue weighted by Gasteiger charge is 2.67. The number of aliphatic carboxylic acids is 1. The Kier molecular flexibility index (Phi) is 4.95. The lowest BCUT2D eigenvalue weighted by atomic mass is 9.94. The maximum Gasteiger partial charge on any atom is 0.407 e. The molecule has 3 fully saturated rings. The average molecular weight is 475 g/mol. The van der Waals surface area contributed by atoms with Gasteiger partial charge in [0.2, 0.25) is 5.91 Å². The van der Waals surface area contributed by atoms with Gasteiger partial charge in [0, 0.05) is 18.5 Å². The summed E-state index contributed by atoms with van der Waals surface area (Å²) in [6.07, 6.45) is 2.78. The SMILES string of the molecule is C[C@]1(C(=O)O)CCCN1C(=O)C12CC(NC(=O)OCC3c4ccccc4-c4ccccc43)CC1C2. The monoisotopic (exact) mass is 474 g/mol. The first-order valence-electron chi connectivity index (χ1n) is 12.5. The van der Waals surface area contributed by atoms with Gasteiger partial charge in [-0.3, -0.25) is 4.79 Å². The smallest absolute Gasteiger partial charge is 0.407 e. The van der Waals surface area contributed by atoms with E-state index in [0.717, 1.165) is 12.8 Å². The van der Waals surface area contributed by atoms with Crippen molar-refractivity contribution in [1.82, 2.24) is 10.2 Å². The average Bonchev–Trinajstić information content (AvgIpc) is 3.13. The van der Waals surface area contributed by atoms with Crippen LogP contribution >= 0.6 is 0 Å². The highest BCUT2D eigenvalue weighted by Crippen LogP contribution is 2.65. The van der Waals surface area contributed by atoms with Crippen LogP contribution in [0.2, 0.25) is 0 Å². The molecule has 35 heavy (non-hydrogen) atoms. The summed E-state index contributed by atoms with van der Waals surface area (Å²) >= 11 is 0. The molecule has 4 atom stereocenters. The molecule has 0 aromatic heterocycles. The molecule has 6 rings (SSSR count). The van der Waals surface area contributed by atoms with Crippen LogP contribution in [0.15, 0.2) is 48.5 Å². The van der Waals surface area contributed by atoms with Gasteiger partial charge in [-0.15, -0.1) is 0 Å². The Hall–Kier alpha value is -3.35. The number of benzene rings is 2. The molecule has 2 N–H and O–H groups in total. The highest BCUT2D eigenvalue weighted by molar-refractivity contribution is 5.93. The minimum absolute atomic E-state index is 0.00177. The minimum atomic E-state index is -1.13. The summed E-state index contributed by atoms with van der Waals surface area (Å²) in [6, 6.07) is 16.3. The van der Waals surface area contributed by atoms with Crippen LogP contribution in [-0.2, 0) is 14.3 Å². The summed E-state index contributed by atoms with van der Waals surface area (Å²) in [5.74, 6) is -0.792. The van der Waals surface area contributed by atoms with Crippen molar-refractivity contribution in [2.45, 2.75) is 56.5 Å². The molecule has 4 aliphatic rings. The molecule has 2 aromatic carbocycles. The summed E-state index contributed by atoms with van der Waals surface area (Å²) in [5.41, 5.74) is 3.05. The number of hydrogen-bond donors (Lipinski definition) is 2. The summed E-state index contributed by atoms with van der Waals surface area (Å²) in [4.78, 5) is 39.6. The molecule has 7 heteroatoms. The molecule has 1 heterocycles. The first kappa shape index (κ1) is 22.1. The van der Waals surface area contributed by atoms with Crippen molar-refractivity contribution in [3.63, 3.8) is 0 Å². The number of fused-ring (bicyclic) bond motifs is 4. The lowest BCUT2D eigenvalue weighted by Gasteiger charge is -2.34. The number of carbonyl (C=O) groups is 3. The van der Waals surface area contributed by atoms with Crippen LogP contribution in [0.3, 0.4) is 0 Å². The zero-order valence-electron chi connectivity index (χ0n) is 19.8. The number of nitrogens with one attached hydrogen (secondary N) is 1. The van der Waals surface area contributed by atoms with Crippen molar-refractivity contribution in [3.05, 3.63) is 59.7 Å². The molecule has 182 valence electrons. The zero-order chi connectivity index (χ0) is 24.4. The molecule has 2 saturated carbocycles. The Labute approximate surface area is 204 Å². The molecule has 2 amide bonds. The van der Waals surface area contributed by atoms with Crippen molar-refractivity contribution < 1.29 is 24.2 Å². The van der Waals surface area contributed by atoms with E-state index in [-0.39, 0.29) is 30.4 Å². The Morgan fingerprint density at radius 3 is 2.37 bits per heavy atom. The molecule has 0 bridgehead atoms. The molecule has 2 aromatic rings. The molecule has 3 unspecified atom stereocenters. The Morgan fingerprint density at radius 2 is 1.71 bits per heavy atom. The maximum atomic E-state index is 13.4. The first-order valence-corrected chi connectivity index (χ1v) is 12.5. The number of alkyl carbamates (subject to hydrolysis) is 1. The van der Waals surface area contributed by atoms with Gasteiger partial charge in [0.25, 0.3) is 0 Å². The Morgan fingerprint density at radius 1 is 1.06 bits per heavy atom. The van der Waals surface area contributed by atoms with Crippen molar-refractivity contribution in [2.24, 2.45) is 11.3 Å². The topological polar surface area (TPSA) is 95.9 Å². The largest absolute Gasteiger partial charge is 0.480 e. The van der Waals surface area contributed by atoms with Gasteiger partial charge in [-0.1, -0.05) is 48.5 Å². The fraction of sp³-hybridized carbons (Fsp3) is 0.464. The maximum absolute atomic E-state index is 13.4. The molecule has 0 radical (unpaired) electrons. The predicted octanol–water partition coefficient (Wildman–Crippen LogP) is 4.16. The first-order chi connectivity index (χ1) is 16.8. The van der Waals surface area contributed by atoms with Crippen LogP contribution in [0, 0.1) is 11.3 Å². The highest BCUT2D eigenvalue weighted by atomic mass is 16.5. The zero-order valence-corrected chi connectivity index (χ0v) is 19.8. The van der Waals surface area contributed by atoms with Crippen LogP contribution in [0.25, 0.3) is 11.1 Å². The van der Waals surface area contributed by atoms with Crippen molar-refractivity contribution in [3.8, 4) is 11.1 Å². The normalized spacial score (nSPS) is 30.4. The van der Waals surface area contributed by atoms with Gasteiger partial charge in [0.1, 0.15) is 12.1 Å². The van der Waals surface area contributed by atoms with Gasteiger partial charge < -0.3 is 20.1 Å². The van der Waals surface area contributed by atoms with Gasteiger partial charge in [0.05, 0.1) is 5.41 Å². The van der Waals surface area contributed by atoms with Crippen LogP contribution in [0.1, 0.15) is 56.1 Å². The summed E-state index contributed by atoms with van der Waals surface area (Å²) < 4.78 is 5.69. The Balaban J connectivity index is 1.08. The van der Waals surface area contributed by atoms with Crippen LogP contribution < -0.4 is 5.32 Å². The number of ether oxygens (including phenoxy) is 1. The van der Waals surface area contributed by atoms with E-state index >= 15 is 0 Å². The van der Waals surface area contributed by atoms with Crippen molar-refractivity contribution in [2.75, 3.05) is 13.2 Å². The number of likely N-dealkylation sites (tertiary alicyclic amines) is 1. The second-order valence-electron chi connectivity index (χ2n) is 10.8. The third kappa shape index (κ3) is 3.35. The van der Waals surface area contributed by atoms with Gasteiger partial charge in [-0.2, -0.15) is 0 Å². The molecule has 3 aliphatic carbocycles. The third-order valence-electron chi connectivity index (χ3n) is 8.85. The lowest BCUT2D eigenvalue weighted by molar-refractivity contribution is -0.157. The standard InChI is InChI=1S/C28H30N2O5/c1-27(25(32)33)11-6-12-30(27)24(31)28-14-17(28)13-18(15-28)29-26(34)35-16-23-21-9-4-2-7-19(21)20-8-3-5-10-22(20)23/h2-5,7-10,17-18,23H,6,11-16H2,1H3,(H,29,34)(H,32,33)/t17?,18?,27-,28?/m1/s1. The van der Waals surface area contributed by atoms with E-state index in [0.29, 0.717) is 25.8 Å². The van der Waals surface area contributed by atoms with E-state index < -0.39 is 23.0 Å². The van der Waals surface area contributed by atoms with E-state index in [1.54, 1.807) is 11.8 Å². The third-order valence-corrected chi connectivity index (χ3v) is 8.85. The summed E-state index contributed by atoms with van der Waals surface area (Å²) in [6.45, 7) is 2.39. The number of hydrogen-bond acceptors (Lipinski definition) is 4. The van der Waals surface area contributed by atoms with E-state index in [1.165, 1.54) is 22.3 Å². The molecule has 1 saturated heterocycles. The van der Waals surface area contributed by atoms with Gasteiger partial charge in [-0.25, -0.2) is 9.59 Å². The summed E-state index contributed by atoms with van der Waals surface area (Å²) in [7, 11) is 0. The van der Waals surface area contributed by atoms with Gasteiger partial charge in [-0.05, 0) is 67.2 Å². The van der Waals surface area contributed by atoms with Gasteiger partial charge in [0.15, 0.2) is 0 Å². The minimum Gasteiger partial charge on any atom is -0.480 e. The molecule has 0 spiro atoms.